The Kier molecular flexibility index (Phi) is 3.56. The molecule has 124 valence electrons. The topological polar surface area (TPSA) is 50.8 Å². The molecule has 0 bridgehead atoms. The van der Waals surface area contributed by atoms with Crippen molar-refractivity contribution in [2.24, 2.45) is 5.92 Å². The van der Waals surface area contributed by atoms with Crippen LogP contribution in [0.15, 0.2) is 42.5 Å². The van der Waals surface area contributed by atoms with Crippen LogP contribution in [0.4, 0.5) is 11.4 Å². The van der Waals surface area contributed by atoms with E-state index in [0.717, 1.165) is 22.7 Å². The van der Waals surface area contributed by atoms with Crippen LogP contribution in [0.1, 0.15) is 19.4 Å². The molecule has 2 aliphatic rings. The zero-order chi connectivity index (χ0) is 16.7. The molecule has 2 heterocycles. The van der Waals surface area contributed by atoms with Crippen molar-refractivity contribution >= 4 is 17.3 Å². The molecule has 0 fully saturated rings. The number of ether oxygens (including phenoxy) is 2. The fourth-order valence-corrected chi connectivity index (χ4v) is 3.17. The predicted octanol–water partition coefficient (Wildman–Crippen LogP) is 3.40. The molecule has 1 atom stereocenters. The van der Waals surface area contributed by atoms with Crippen LogP contribution in [0, 0.1) is 5.92 Å². The first-order valence-corrected chi connectivity index (χ1v) is 8.19. The van der Waals surface area contributed by atoms with E-state index >= 15 is 0 Å². The lowest BCUT2D eigenvalue weighted by Gasteiger charge is -2.37. The quantitative estimate of drug-likeness (QED) is 0.940. The Morgan fingerprint density at radius 2 is 1.88 bits per heavy atom. The van der Waals surface area contributed by atoms with Gasteiger partial charge in [0.2, 0.25) is 12.7 Å². The van der Waals surface area contributed by atoms with E-state index in [1.165, 1.54) is 0 Å². The van der Waals surface area contributed by atoms with Crippen LogP contribution < -0.4 is 19.7 Å². The maximum atomic E-state index is 13.0. The molecule has 1 unspecified atom stereocenters. The van der Waals surface area contributed by atoms with Crippen LogP contribution in [0.2, 0.25) is 0 Å². The standard InChI is InChI=1S/C19H20N2O3/c1-12(2)18-19(22)21(10-13-6-4-3-5-7-13)15-9-17-16(23-11-24-17)8-14(15)20-18/h3-9,12,18,20H,10-11H2,1-2H3. The molecule has 0 aliphatic carbocycles. The van der Waals surface area contributed by atoms with Crippen molar-refractivity contribution in [3.8, 4) is 11.5 Å². The highest BCUT2D eigenvalue weighted by Crippen LogP contribution is 2.44. The molecule has 5 nitrogen and oxygen atoms in total. The minimum Gasteiger partial charge on any atom is -0.454 e. The van der Waals surface area contributed by atoms with E-state index in [1.807, 2.05) is 61.2 Å². The highest BCUT2D eigenvalue weighted by molar-refractivity contribution is 6.05. The Labute approximate surface area is 141 Å². The Hall–Kier alpha value is -2.69. The first-order valence-electron chi connectivity index (χ1n) is 8.19. The number of nitrogens with zero attached hydrogens (tertiary/aromatic N) is 1. The molecule has 24 heavy (non-hydrogen) atoms. The number of carbonyl (C=O) groups excluding carboxylic acids is 1. The van der Waals surface area contributed by atoms with E-state index in [0.29, 0.717) is 12.3 Å². The average molecular weight is 324 g/mol. The number of fused-ring (bicyclic) bond motifs is 2. The number of anilines is 2. The zero-order valence-electron chi connectivity index (χ0n) is 13.8. The second-order valence-corrected chi connectivity index (χ2v) is 6.50. The summed E-state index contributed by atoms with van der Waals surface area (Å²) in [4.78, 5) is 14.9. The van der Waals surface area contributed by atoms with Crippen LogP contribution in [0.3, 0.4) is 0 Å². The molecule has 2 aromatic rings. The van der Waals surface area contributed by atoms with Crippen molar-refractivity contribution in [1.82, 2.24) is 0 Å². The average Bonchev–Trinajstić information content (AvgIpc) is 3.03. The SMILES string of the molecule is CC(C)C1Nc2cc3c(cc2N(Cc2ccccc2)C1=O)OCO3. The predicted molar refractivity (Wildman–Crippen MR) is 92.4 cm³/mol. The molecule has 4 rings (SSSR count). The second kappa shape index (κ2) is 5.74. The van der Waals surface area contributed by atoms with E-state index in [4.69, 9.17) is 9.47 Å². The first kappa shape index (κ1) is 14.9. The molecule has 0 aromatic heterocycles. The number of hydrogen-bond donors (Lipinski definition) is 1. The van der Waals surface area contributed by atoms with Gasteiger partial charge in [0.05, 0.1) is 17.9 Å². The molecule has 0 saturated carbocycles. The van der Waals surface area contributed by atoms with Gasteiger partial charge in [-0.2, -0.15) is 0 Å². The second-order valence-electron chi connectivity index (χ2n) is 6.50. The van der Waals surface area contributed by atoms with Crippen LogP contribution in [-0.2, 0) is 11.3 Å². The summed E-state index contributed by atoms with van der Waals surface area (Å²) in [7, 11) is 0. The van der Waals surface area contributed by atoms with Crippen LogP contribution in [0.25, 0.3) is 0 Å². The van der Waals surface area contributed by atoms with Gasteiger partial charge in [-0.05, 0) is 11.5 Å². The van der Waals surface area contributed by atoms with Gasteiger partial charge in [-0.25, -0.2) is 0 Å². The number of carbonyl (C=O) groups is 1. The largest absolute Gasteiger partial charge is 0.454 e. The summed E-state index contributed by atoms with van der Waals surface area (Å²) in [5.74, 6) is 1.68. The molecule has 1 N–H and O–H groups in total. The maximum Gasteiger partial charge on any atom is 0.250 e. The van der Waals surface area contributed by atoms with E-state index in [-0.39, 0.29) is 24.7 Å². The number of hydrogen-bond acceptors (Lipinski definition) is 4. The summed E-state index contributed by atoms with van der Waals surface area (Å²) in [6.07, 6.45) is 0. The normalized spacial score (nSPS) is 18.5. The van der Waals surface area contributed by atoms with Gasteiger partial charge in [0.1, 0.15) is 6.04 Å². The smallest absolute Gasteiger partial charge is 0.250 e. The fourth-order valence-electron chi connectivity index (χ4n) is 3.17. The highest BCUT2D eigenvalue weighted by Gasteiger charge is 2.35. The molecule has 2 aliphatic heterocycles. The minimum absolute atomic E-state index is 0.0835. The van der Waals surface area contributed by atoms with Gasteiger partial charge in [0.15, 0.2) is 11.5 Å². The molecule has 0 saturated heterocycles. The molecular formula is C19H20N2O3. The molecule has 0 spiro atoms. The van der Waals surface area contributed by atoms with Crippen molar-refractivity contribution in [3.05, 3.63) is 48.0 Å². The lowest BCUT2D eigenvalue weighted by molar-refractivity contribution is -0.120. The molecular weight excluding hydrogens is 304 g/mol. The van der Waals surface area contributed by atoms with Crippen LogP contribution >= 0.6 is 0 Å². The molecule has 1 amide bonds. The van der Waals surface area contributed by atoms with E-state index in [2.05, 4.69) is 5.32 Å². The maximum absolute atomic E-state index is 13.0. The van der Waals surface area contributed by atoms with Gasteiger partial charge in [-0.15, -0.1) is 0 Å². The molecule has 5 heteroatoms. The summed E-state index contributed by atoms with van der Waals surface area (Å²) >= 11 is 0. The Balaban J connectivity index is 1.77. The Bertz CT molecular complexity index is 774. The molecule has 0 radical (unpaired) electrons. The third-order valence-electron chi connectivity index (χ3n) is 4.47. The number of benzene rings is 2. The summed E-state index contributed by atoms with van der Waals surface area (Å²) < 4.78 is 11.0. The summed E-state index contributed by atoms with van der Waals surface area (Å²) in [5, 5.41) is 3.36. The van der Waals surface area contributed by atoms with Gasteiger partial charge < -0.3 is 19.7 Å². The van der Waals surface area contributed by atoms with E-state index in [1.54, 1.807) is 0 Å². The van der Waals surface area contributed by atoms with Gasteiger partial charge in [0.25, 0.3) is 0 Å². The van der Waals surface area contributed by atoms with Crippen molar-refractivity contribution in [1.29, 1.82) is 0 Å². The lowest BCUT2D eigenvalue weighted by Crippen LogP contribution is -2.49. The third kappa shape index (κ3) is 2.46. The lowest BCUT2D eigenvalue weighted by atomic mass is 9.98. The number of nitrogens with one attached hydrogen (secondary N) is 1. The highest BCUT2D eigenvalue weighted by atomic mass is 16.7. The van der Waals surface area contributed by atoms with Gasteiger partial charge in [-0.1, -0.05) is 44.2 Å². The number of amides is 1. The summed E-state index contributed by atoms with van der Waals surface area (Å²) in [5.41, 5.74) is 2.84. The van der Waals surface area contributed by atoms with Gasteiger partial charge in [0, 0.05) is 12.1 Å². The number of rotatable bonds is 3. The van der Waals surface area contributed by atoms with E-state index < -0.39 is 0 Å². The summed E-state index contributed by atoms with van der Waals surface area (Å²) in [6.45, 7) is 4.86. The Morgan fingerprint density at radius 1 is 1.17 bits per heavy atom. The van der Waals surface area contributed by atoms with Gasteiger partial charge >= 0.3 is 0 Å². The van der Waals surface area contributed by atoms with Crippen molar-refractivity contribution in [3.63, 3.8) is 0 Å². The monoisotopic (exact) mass is 324 g/mol. The Morgan fingerprint density at radius 3 is 2.58 bits per heavy atom. The minimum atomic E-state index is -0.249. The molecule has 2 aromatic carbocycles. The fraction of sp³-hybridized carbons (Fsp3) is 0.316. The van der Waals surface area contributed by atoms with Crippen molar-refractivity contribution in [2.75, 3.05) is 17.0 Å². The van der Waals surface area contributed by atoms with Crippen molar-refractivity contribution in [2.45, 2.75) is 26.4 Å². The third-order valence-corrected chi connectivity index (χ3v) is 4.47. The van der Waals surface area contributed by atoms with Crippen LogP contribution in [-0.4, -0.2) is 18.7 Å². The van der Waals surface area contributed by atoms with Gasteiger partial charge in [-0.3, -0.25) is 4.79 Å². The van der Waals surface area contributed by atoms with Crippen molar-refractivity contribution < 1.29 is 14.3 Å². The first-order chi connectivity index (χ1) is 11.6. The van der Waals surface area contributed by atoms with Crippen LogP contribution in [0.5, 0.6) is 11.5 Å². The summed E-state index contributed by atoms with van der Waals surface area (Å²) in [6, 6.07) is 13.6. The van der Waals surface area contributed by atoms with E-state index in [9.17, 15) is 4.79 Å². The zero-order valence-corrected chi connectivity index (χ0v) is 13.8.